The number of alkyl halides is 3. The Labute approximate surface area is 78.6 Å². The monoisotopic (exact) mass is 206 g/mol. The average molecular weight is 207 g/mol. The molecule has 0 unspecified atom stereocenters. The lowest BCUT2D eigenvalue weighted by atomic mass is 10.1. The van der Waals surface area contributed by atoms with Crippen molar-refractivity contribution in [1.29, 1.82) is 0 Å². The van der Waals surface area contributed by atoms with Crippen LogP contribution in [-0.4, -0.2) is 0 Å². The summed E-state index contributed by atoms with van der Waals surface area (Å²) in [6.45, 7) is 0. The van der Waals surface area contributed by atoms with Crippen LogP contribution < -0.4 is 0 Å². The van der Waals surface area contributed by atoms with E-state index in [1.54, 1.807) is 0 Å². The lowest BCUT2D eigenvalue weighted by molar-refractivity contribution is -0.137. The fraction of sp³-hybridized carbons (Fsp3) is 0.111. The summed E-state index contributed by atoms with van der Waals surface area (Å²) in [4.78, 5) is 0. The predicted octanol–water partition coefficient (Wildman–Crippen LogP) is 3.91. The van der Waals surface area contributed by atoms with Crippen molar-refractivity contribution >= 4 is 17.7 Å². The minimum atomic E-state index is -4.27. The molecular formula is C9H6ClF3. The summed E-state index contributed by atoms with van der Waals surface area (Å²) >= 11 is 5.26. The summed E-state index contributed by atoms with van der Waals surface area (Å²) < 4.78 is 36.2. The highest BCUT2D eigenvalue weighted by molar-refractivity contribution is 6.27. The van der Waals surface area contributed by atoms with Crippen LogP contribution in [0, 0.1) is 0 Å². The van der Waals surface area contributed by atoms with Crippen molar-refractivity contribution in [3.63, 3.8) is 0 Å². The zero-order chi connectivity index (χ0) is 9.90. The van der Waals surface area contributed by atoms with E-state index in [0.29, 0.717) is 5.56 Å². The van der Waals surface area contributed by atoms with Gasteiger partial charge in [0.05, 0.1) is 5.56 Å². The van der Waals surface area contributed by atoms with Crippen LogP contribution in [0.3, 0.4) is 0 Å². The summed E-state index contributed by atoms with van der Waals surface area (Å²) in [5.41, 5.74) is 1.24. The van der Waals surface area contributed by atoms with Crippen LogP contribution in [0.5, 0.6) is 0 Å². The molecule has 0 atom stereocenters. The first-order valence-corrected chi connectivity index (χ1v) is 3.91. The molecule has 13 heavy (non-hydrogen) atoms. The molecule has 0 fully saturated rings. The van der Waals surface area contributed by atoms with Gasteiger partial charge >= 0.3 is 6.18 Å². The largest absolute Gasteiger partial charge is 0.416 e. The maximum absolute atomic E-state index is 12.1. The fourth-order valence-electron chi connectivity index (χ4n) is 0.856. The Balaban J connectivity index is 2.94. The van der Waals surface area contributed by atoms with Gasteiger partial charge in [0.15, 0.2) is 0 Å². The Bertz CT molecular complexity index is 298. The Morgan fingerprint density at radius 2 is 1.62 bits per heavy atom. The van der Waals surface area contributed by atoms with Crippen molar-refractivity contribution in [2.45, 2.75) is 6.18 Å². The summed E-state index contributed by atoms with van der Waals surface area (Å²) in [5.74, 6) is 0. The summed E-state index contributed by atoms with van der Waals surface area (Å²) in [5, 5.41) is 0. The lowest BCUT2D eigenvalue weighted by Crippen LogP contribution is -2.03. The van der Waals surface area contributed by atoms with Crippen molar-refractivity contribution in [2.75, 3.05) is 0 Å². The van der Waals surface area contributed by atoms with Gasteiger partial charge in [-0.1, -0.05) is 23.7 Å². The van der Waals surface area contributed by atoms with E-state index in [2.05, 4.69) is 0 Å². The van der Waals surface area contributed by atoms with E-state index in [1.165, 1.54) is 23.7 Å². The van der Waals surface area contributed by atoms with E-state index in [4.69, 9.17) is 11.6 Å². The van der Waals surface area contributed by atoms with E-state index < -0.39 is 11.7 Å². The van der Waals surface area contributed by atoms with Gasteiger partial charge in [0, 0.05) is 5.54 Å². The second kappa shape index (κ2) is 3.83. The fourth-order valence-corrected chi connectivity index (χ4v) is 1.00. The highest BCUT2D eigenvalue weighted by atomic mass is 35.5. The number of hydrogen-bond acceptors (Lipinski definition) is 0. The van der Waals surface area contributed by atoms with Gasteiger partial charge < -0.3 is 0 Å². The van der Waals surface area contributed by atoms with E-state index in [-0.39, 0.29) is 0 Å². The van der Waals surface area contributed by atoms with Crippen molar-refractivity contribution in [1.82, 2.24) is 0 Å². The maximum atomic E-state index is 12.1. The van der Waals surface area contributed by atoms with Crippen LogP contribution in [0.1, 0.15) is 11.1 Å². The van der Waals surface area contributed by atoms with Crippen molar-refractivity contribution < 1.29 is 13.2 Å². The minimum absolute atomic E-state index is 0.642. The number of benzene rings is 1. The SMILES string of the molecule is FC(F)(F)c1ccc(C=CCl)cc1. The highest BCUT2D eigenvalue weighted by Crippen LogP contribution is 2.29. The number of hydrogen-bond donors (Lipinski definition) is 0. The van der Waals surface area contributed by atoms with Gasteiger partial charge in [0.1, 0.15) is 0 Å². The molecule has 0 spiro atoms. The summed E-state index contributed by atoms with van der Waals surface area (Å²) in [6.07, 6.45) is -2.76. The zero-order valence-electron chi connectivity index (χ0n) is 6.48. The van der Waals surface area contributed by atoms with Crippen LogP contribution in [0.4, 0.5) is 13.2 Å². The van der Waals surface area contributed by atoms with Crippen molar-refractivity contribution in [2.24, 2.45) is 0 Å². The first-order chi connectivity index (χ1) is 6.04. The molecule has 1 aromatic rings. The van der Waals surface area contributed by atoms with Gasteiger partial charge in [0.2, 0.25) is 0 Å². The molecule has 0 aliphatic carbocycles. The minimum Gasteiger partial charge on any atom is -0.166 e. The normalized spacial score (nSPS) is 12.3. The second-order valence-electron chi connectivity index (χ2n) is 2.41. The first-order valence-electron chi connectivity index (χ1n) is 3.48. The molecule has 0 amide bonds. The molecule has 1 aromatic carbocycles. The smallest absolute Gasteiger partial charge is 0.166 e. The maximum Gasteiger partial charge on any atom is 0.416 e. The summed E-state index contributed by atoms with van der Waals surface area (Å²) in [7, 11) is 0. The number of rotatable bonds is 1. The van der Waals surface area contributed by atoms with Crippen LogP contribution >= 0.6 is 11.6 Å². The first kappa shape index (κ1) is 10.1. The third-order valence-electron chi connectivity index (χ3n) is 1.49. The molecule has 0 bridgehead atoms. The van der Waals surface area contributed by atoms with Crippen LogP contribution in [0.25, 0.3) is 6.08 Å². The van der Waals surface area contributed by atoms with Crippen molar-refractivity contribution in [3.05, 3.63) is 40.9 Å². The Morgan fingerprint density at radius 3 is 2.00 bits per heavy atom. The summed E-state index contributed by atoms with van der Waals surface area (Å²) in [6, 6.07) is 4.77. The van der Waals surface area contributed by atoms with Gasteiger partial charge in [-0.25, -0.2) is 0 Å². The molecule has 0 saturated heterocycles. The Morgan fingerprint density at radius 1 is 1.08 bits per heavy atom. The number of halogens is 4. The molecule has 0 radical (unpaired) electrons. The van der Waals surface area contributed by atoms with E-state index in [9.17, 15) is 13.2 Å². The lowest BCUT2D eigenvalue weighted by Gasteiger charge is -2.05. The highest BCUT2D eigenvalue weighted by Gasteiger charge is 2.29. The average Bonchev–Trinajstić information content (AvgIpc) is 2.04. The molecule has 0 N–H and O–H groups in total. The molecule has 0 aromatic heterocycles. The molecule has 0 heterocycles. The van der Waals surface area contributed by atoms with Gasteiger partial charge in [-0.05, 0) is 23.8 Å². The van der Waals surface area contributed by atoms with E-state index in [1.807, 2.05) is 0 Å². The molecule has 0 aliphatic rings. The Hall–Kier alpha value is -0.960. The molecule has 70 valence electrons. The molecule has 0 aliphatic heterocycles. The topological polar surface area (TPSA) is 0 Å². The zero-order valence-corrected chi connectivity index (χ0v) is 7.23. The third-order valence-corrected chi connectivity index (χ3v) is 1.62. The van der Waals surface area contributed by atoms with Gasteiger partial charge in [0.25, 0.3) is 0 Å². The van der Waals surface area contributed by atoms with Gasteiger partial charge in [-0.2, -0.15) is 13.2 Å². The van der Waals surface area contributed by atoms with E-state index >= 15 is 0 Å². The molecule has 1 rings (SSSR count). The molecule has 0 nitrogen and oxygen atoms in total. The molecular weight excluding hydrogens is 201 g/mol. The van der Waals surface area contributed by atoms with Gasteiger partial charge in [-0.15, -0.1) is 0 Å². The molecule has 4 heteroatoms. The molecule has 0 saturated carbocycles. The van der Waals surface area contributed by atoms with Crippen LogP contribution in [-0.2, 0) is 6.18 Å². The third kappa shape index (κ3) is 2.77. The predicted molar refractivity (Wildman–Crippen MR) is 46.3 cm³/mol. The quantitative estimate of drug-likeness (QED) is 0.654. The van der Waals surface area contributed by atoms with Crippen LogP contribution in [0.15, 0.2) is 29.8 Å². The van der Waals surface area contributed by atoms with Crippen molar-refractivity contribution in [3.8, 4) is 0 Å². The van der Waals surface area contributed by atoms with Crippen LogP contribution in [0.2, 0.25) is 0 Å². The Kier molecular flexibility index (Phi) is 2.98. The van der Waals surface area contributed by atoms with E-state index in [0.717, 1.165) is 12.1 Å². The van der Waals surface area contributed by atoms with Gasteiger partial charge in [-0.3, -0.25) is 0 Å². The second-order valence-corrected chi connectivity index (χ2v) is 2.66. The standard InChI is InChI=1S/C9H6ClF3/c10-6-5-7-1-3-8(4-2-7)9(11,12)13/h1-6H.